The molecule has 6 nitrogen and oxygen atoms in total. The number of nitrogens with zero attached hydrogens (tertiary/aromatic N) is 1. The summed E-state index contributed by atoms with van der Waals surface area (Å²) in [5, 5.41) is 9.72. The normalized spacial score (nSPS) is 16.7. The van der Waals surface area contributed by atoms with Gasteiger partial charge in [0.1, 0.15) is 0 Å². The Balaban J connectivity index is 2.70. The van der Waals surface area contributed by atoms with Crippen LogP contribution in [0.15, 0.2) is 0 Å². The average Bonchev–Trinajstić information content (AvgIpc) is 1.62. The number of carbonyl (C=O) groups excluding carboxylic acids is 2. The summed E-state index contributed by atoms with van der Waals surface area (Å²) in [4.78, 5) is 30.1. The van der Waals surface area contributed by atoms with Gasteiger partial charge in [0, 0.05) is 0 Å². The third kappa shape index (κ3) is 0.600. The Labute approximate surface area is 49.1 Å². The smallest absolute Gasteiger partial charge is 0.424 e. The highest BCUT2D eigenvalue weighted by molar-refractivity contribution is 6.20. The lowest BCUT2D eigenvalue weighted by Crippen LogP contribution is -2.63. The summed E-state index contributed by atoms with van der Waals surface area (Å²) in [6.45, 7) is 0. The van der Waals surface area contributed by atoms with Gasteiger partial charge in [0.2, 0.25) is 0 Å². The summed E-state index contributed by atoms with van der Waals surface area (Å²) in [7, 11) is 0. The highest BCUT2D eigenvalue weighted by atomic mass is 16.4. The van der Waals surface area contributed by atoms with Crippen LogP contribution in [0.1, 0.15) is 0 Å². The van der Waals surface area contributed by atoms with Gasteiger partial charge in [-0.05, 0) is 0 Å². The molecule has 1 rings (SSSR count). The fourth-order valence-electron chi connectivity index (χ4n) is 0.416. The van der Waals surface area contributed by atoms with Gasteiger partial charge in [-0.3, -0.25) is 5.32 Å². The molecule has 1 heterocycles. The molecule has 2 N–H and O–H groups in total. The molecule has 6 heteroatoms. The minimum absolute atomic E-state index is 0.0833. The van der Waals surface area contributed by atoms with Crippen molar-refractivity contribution in [2.45, 2.75) is 0 Å². The van der Waals surface area contributed by atoms with Crippen molar-refractivity contribution in [3.8, 4) is 0 Å². The largest absolute Gasteiger partial charge is 0.464 e. The number of carboxylic acid groups (broad SMARTS) is 1. The number of nitrogens with one attached hydrogen (secondary N) is 1. The van der Waals surface area contributed by atoms with E-state index in [1.54, 1.807) is 5.32 Å². The lowest BCUT2D eigenvalue weighted by molar-refractivity contribution is 0.136. The predicted molar refractivity (Wildman–Crippen MR) is 23.8 cm³/mol. The number of hydrogen-bond acceptors (Lipinski definition) is 3. The number of urea groups is 2. The van der Waals surface area contributed by atoms with E-state index >= 15 is 0 Å². The van der Waals surface area contributed by atoms with Gasteiger partial charge in [0.15, 0.2) is 0 Å². The van der Waals surface area contributed by atoms with E-state index < -0.39 is 18.2 Å². The fraction of sp³-hybridized carbons (Fsp3) is 0. The quantitative estimate of drug-likeness (QED) is 0.475. The molecule has 1 saturated heterocycles. The zero-order valence-electron chi connectivity index (χ0n) is 4.12. The second kappa shape index (κ2) is 1.44. The third-order valence-corrected chi connectivity index (χ3v) is 0.811. The van der Waals surface area contributed by atoms with Crippen LogP contribution in [-0.4, -0.2) is 28.2 Å². The molecule has 0 aromatic rings. The van der Waals surface area contributed by atoms with Gasteiger partial charge in [-0.15, -0.1) is 4.90 Å². The molecule has 1 fully saturated rings. The Morgan fingerprint density at radius 2 is 1.89 bits per heavy atom. The van der Waals surface area contributed by atoms with Crippen molar-refractivity contribution < 1.29 is 19.5 Å². The summed E-state index contributed by atoms with van der Waals surface area (Å²) in [6, 6.07) is -1.79. The van der Waals surface area contributed by atoms with E-state index in [0.29, 0.717) is 0 Å². The molecule has 0 unspecified atom stereocenters. The molecule has 0 radical (unpaired) electrons. The summed E-state index contributed by atoms with van der Waals surface area (Å²) < 4.78 is 0. The molecule has 48 valence electrons. The van der Waals surface area contributed by atoms with Crippen molar-refractivity contribution in [1.82, 2.24) is 10.2 Å². The van der Waals surface area contributed by atoms with Crippen molar-refractivity contribution in [3.05, 3.63) is 0 Å². The van der Waals surface area contributed by atoms with Crippen molar-refractivity contribution >= 4 is 18.2 Å². The SMILES string of the molecule is O=C(O)N1C(=O)NC1=O. The minimum Gasteiger partial charge on any atom is -0.464 e. The Morgan fingerprint density at radius 3 is 2.00 bits per heavy atom. The standard InChI is InChI=1S/C3H2N2O4/c6-1-4-2(7)5(1)3(8)9/h(H,8,9)(H,4,6,7). The minimum atomic E-state index is -1.55. The van der Waals surface area contributed by atoms with Gasteiger partial charge < -0.3 is 5.11 Å². The molecule has 0 spiro atoms. The first kappa shape index (κ1) is 5.54. The molecule has 0 bridgehead atoms. The van der Waals surface area contributed by atoms with Crippen LogP contribution in [0, 0.1) is 0 Å². The number of amides is 5. The van der Waals surface area contributed by atoms with Crippen LogP contribution in [0.25, 0.3) is 0 Å². The van der Waals surface area contributed by atoms with Crippen molar-refractivity contribution in [1.29, 1.82) is 0 Å². The molecular formula is C3H2N2O4. The first-order valence-corrected chi connectivity index (χ1v) is 2.01. The first-order chi connectivity index (χ1) is 4.13. The van der Waals surface area contributed by atoms with Crippen molar-refractivity contribution in [2.75, 3.05) is 0 Å². The van der Waals surface area contributed by atoms with Crippen LogP contribution in [0.4, 0.5) is 14.4 Å². The monoisotopic (exact) mass is 130 g/mol. The van der Waals surface area contributed by atoms with Crippen LogP contribution in [0.2, 0.25) is 0 Å². The number of carbonyl (C=O) groups is 3. The number of hydrogen-bond donors (Lipinski definition) is 2. The maximum Gasteiger partial charge on any atom is 0.424 e. The average molecular weight is 130 g/mol. The van der Waals surface area contributed by atoms with Gasteiger partial charge in [-0.25, -0.2) is 14.4 Å². The molecule has 0 atom stereocenters. The Hall–Kier alpha value is -1.59. The van der Waals surface area contributed by atoms with Crippen molar-refractivity contribution in [2.24, 2.45) is 0 Å². The Morgan fingerprint density at radius 1 is 1.44 bits per heavy atom. The summed E-state index contributed by atoms with van der Waals surface area (Å²) >= 11 is 0. The van der Waals surface area contributed by atoms with Crippen LogP contribution in [-0.2, 0) is 0 Å². The van der Waals surface area contributed by atoms with E-state index in [4.69, 9.17) is 5.11 Å². The molecule has 0 saturated carbocycles. The van der Waals surface area contributed by atoms with Crippen LogP contribution < -0.4 is 5.32 Å². The lowest BCUT2D eigenvalue weighted by atomic mass is 10.6. The molecule has 9 heavy (non-hydrogen) atoms. The van der Waals surface area contributed by atoms with E-state index in [2.05, 4.69) is 0 Å². The van der Waals surface area contributed by atoms with E-state index in [1.807, 2.05) is 0 Å². The van der Waals surface area contributed by atoms with E-state index in [-0.39, 0.29) is 4.90 Å². The maximum atomic E-state index is 10.1. The highest BCUT2D eigenvalue weighted by Gasteiger charge is 2.39. The summed E-state index contributed by atoms with van der Waals surface area (Å²) in [5.41, 5.74) is 0. The first-order valence-electron chi connectivity index (χ1n) is 2.01. The van der Waals surface area contributed by atoms with Crippen molar-refractivity contribution in [3.63, 3.8) is 0 Å². The predicted octanol–water partition coefficient (Wildman–Crippen LogP) is -0.190. The van der Waals surface area contributed by atoms with Gasteiger partial charge in [-0.1, -0.05) is 0 Å². The zero-order chi connectivity index (χ0) is 7.02. The van der Waals surface area contributed by atoms with Gasteiger partial charge >= 0.3 is 18.2 Å². The Bertz CT molecular complexity index is 173. The molecular weight excluding hydrogens is 128 g/mol. The molecule has 5 amide bonds. The summed E-state index contributed by atoms with van der Waals surface area (Å²) in [6.07, 6.45) is -1.55. The molecule has 0 aromatic heterocycles. The second-order valence-corrected chi connectivity index (χ2v) is 1.35. The number of rotatable bonds is 0. The lowest BCUT2D eigenvalue weighted by Gasteiger charge is -2.23. The Kier molecular flexibility index (Phi) is 0.888. The maximum absolute atomic E-state index is 10.1. The third-order valence-electron chi connectivity index (χ3n) is 0.811. The van der Waals surface area contributed by atoms with Gasteiger partial charge in [-0.2, -0.15) is 0 Å². The molecule has 0 aliphatic carbocycles. The molecule has 1 aliphatic heterocycles. The van der Waals surface area contributed by atoms with Crippen LogP contribution in [0.3, 0.4) is 0 Å². The zero-order valence-corrected chi connectivity index (χ0v) is 4.12. The van der Waals surface area contributed by atoms with Gasteiger partial charge in [0.05, 0.1) is 0 Å². The second-order valence-electron chi connectivity index (χ2n) is 1.35. The van der Waals surface area contributed by atoms with E-state index in [9.17, 15) is 14.4 Å². The van der Waals surface area contributed by atoms with E-state index in [1.165, 1.54) is 0 Å². The summed E-state index contributed by atoms with van der Waals surface area (Å²) in [5.74, 6) is 0. The molecule has 0 aromatic carbocycles. The number of imide groups is 4. The topological polar surface area (TPSA) is 86.7 Å². The fourth-order valence-corrected chi connectivity index (χ4v) is 0.416. The van der Waals surface area contributed by atoms with E-state index in [0.717, 1.165) is 0 Å². The highest BCUT2D eigenvalue weighted by Crippen LogP contribution is 2.00. The van der Waals surface area contributed by atoms with Crippen LogP contribution >= 0.6 is 0 Å². The van der Waals surface area contributed by atoms with Gasteiger partial charge in [0.25, 0.3) is 0 Å². The van der Waals surface area contributed by atoms with Crippen LogP contribution in [0.5, 0.6) is 0 Å². The molecule has 1 aliphatic rings.